The fourth-order valence-corrected chi connectivity index (χ4v) is 2.10. The number of likely N-dealkylation sites (N-methyl/N-ethyl adjacent to an activating group) is 1. The van der Waals surface area contributed by atoms with Gasteiger partial charge in [0.15, 0.2) is 0 Å². The SMILES string of the molecule is CN(C/C=C/c1ccccc1)CC(=O)Nc1ccc(Cl)cc1. The van der Waals surface area contributed by atoms with Crippen molar-refractivity contribution in [2.75, 3.05) is 25.5 Å². The number of rotatable bonds is 6. The zero-order chi connectivity index (χ0) is 15.8. The van der Waals surface area contributed by atoms with E-state index in [1.165, 1.54) is 0 Å². The summed E-state index contributed by atoms with van der Waals surface area (Å²) in [6.07, 6.45) is 4.10. The number of nitrogens with zero attached hydrogens (tertiary/aromatic N) is 1. The van der Waals surface area contributed by atoms with Crippen LogP contribution in [-0.4, -0.2) is 30.9 Å². The predicted molar refractivity (Wildman–Crippen MR) is 93.1 cm³/mol. The summed E-state index contributed by atoms with van der Waals surface area (Å²) in [5.41, 5.74) is 1.91. The highest BCUT2D eigenvalue weighted by molar-refractivity contribution is 6.30. The van der Waals surface area contributed by atoms with Crippen molar-refractivity contribution in [2.45, 2.75) is 0 Å². The molecule has 0 aliphatic carbocycles. The van der Waals surface area contributed by atoms with E-state index in [2.05, 4.69) is 5.32 Å². The molecule has 2 aromatic rings. The van der Waals surface area contributed by atoms with E-state index in [0.29, 0.717) is 18.1 Å². The molecule has 0 aromatic heterocycles. The Morgan fingerprint density at radius 1 is 1.14 bits per heavy atom. The Morgan fingerprint density at radius 2 is 1.82 bits per heavy atom. The minimum Gasteiger partial charge on any atom is -0.325 e. The second-order valence-electron chi connectivity index (χ2n) is 5.06. The molecule has 0 saturated carbocycles. The predicted octanol–water partition coefficient (Wildman–Crippen LogP) is 3.92. The molecule has 0 radical (unpaired) electrons. The number of amides is 1. The molecule has 2 rings (SSSR count). The Bertz CT molecular complexity index is 623. The van der Waals surface area contributed by atoms with Gasteiger partial charge in [-0.25, -0.2) is 0 Å². The molecule has 0 aliphatic rings. The molecule has 22 heavy (non-hydrogen) atoms. The van der Waals surface area contributed by atoms with Gasteiger partial charge in [-0.2, -0.15) is 0 Å². The molecule has 0 atom stereocenters. The van der Waals surface area contributed by atoms with Crippen LogP contribution < -0.4 is 5.32 Å². The number of hydrogen-bond acceptors (Lipinski definition) is 2. The lowest BCUT2D eigenvalue weighted by atomic mass is 10.2. The van der Waals surface area contributed by atoms with Crippen LogP contribution in [0.1, 0.15) is 5.56 Å². The van der Waals surface area contributed by atoms with Gasteiger partial charge in [0, 0.05) is 17.3 Å². The van der Waals surface area contributed by atoms with Crippen LogP contribution in [0.2, 0.25) is 5.02 Å². The van der Waals surface area contributed by atoms with E-state index < -0.39 is 0 Å². The van der Waals surface area contributed by atoms with Gasteiger partial charge in [0.25, 0.3) is 0 Å². The number of hydrogen-bond donors (Lipinski definition) is 1. The molecule has 114 valence electrons. The van der Waals surface area contributed by atoms with Crippen LogP contribution in [-0.2, 0) is 4.79 Å². The molecule has 0 unspecified atom stereocenters. The minimum absolute atomic E-state index is 0.0436. The number of benzene rings is 2. The van der Waals surface area contributed by atoms with E-state index in [9.17, 15) is 4.79 Å². The summed E-state index contributed by atoms with van der Waals surface area (Å²) >= 11 is 5.81. The third kappa shape index (κ3) is 5.72. The van der Waals surface area contributed by atoms with E-state index in [1.807, 2.05) is 54.4 Å². The van der Waals surface area contributed by atoms with Gasteiger partial charge in [-0.1, -0.05) is 54.1 Å². The molecule has 2 aromatic carbocycles. The Balaban J connectivity index is 1.76. The molecular formula is C18H19ClN2O. The summed E-state index contributed by atoms with van der Waals surface area (Å²) in [6, 6.07) is 17.2. The Kier molecular flexibility index (Phi) is 6.19. The number of carbonyl (C=O) groups is 1. The summed E-state index contributed by atoms with van der Waals surface area (Å²) < 4.78 is 0. The highest BCUT2D eigenvalue weighted by Gasteiger charge is 2.05. The normalized spacial score (nSPS) is 11.0. The van der Waals surface area contributed by atoms with Gasteiger partial charge in [0.1, 0.15) is 0 Å². The molecule has 0 fully saturated rings. The van der Waals surface area contributed by atoms with Gasteiger partial charge in [-0.3, -0.25) is 9.69 Å². The van der Waals surface area contributed by atoms with Crippen LogP contribution in [0, 0.1) is 0 Å². The second kappa shape index (κ2) is 8.37. The number of halogens is 1. The molecule has 1 N–H and O–H groups in total. The summed E-state index contributed by atoms with van der Waals surface area (Å²) in [5, 5.41) is 3.50. The first-order valence-electron chi connectivity index (χ1n) is 7.09. The molecule has 0 saturated heterocycles. The van der Waals surface area contributed by atoms with Crippen LogP contribution in [0.25, 0.3) is 6.08 Å². The average molecular weight is 315 g/mol. The maximum atomic E-state index is 11.9. The maximum absolute atomic E-state index is 11.9. The molecule has 3 nitrogen and oxygen atoms in total. The van der Waals surface area contributed by atoms with Crippen molar-refractivity contribution in [1.82, 2.24) is 4.90 Å². The van der Waals surface area contributed by atoms with Crippen LogP contribution in [0.3, 0.4) is 0 Å². The van der Waals surface area contributed by atoms with E-state index >= 15 is 0 Å². The summed E-state index contributed by atoms with van der Waals surface area (Å²) in [7, 11) is 1.91. The summed E-state index contributed by atoms with van der Waals surface area (Å²) in [5.74, 6) is -0.0436. The minimum atomic E-state index is -0.0436. The topological polar surface area (TPSA) is 32.3 Å². The monoisotopic (exact) mass is 314 g/mol. The van der Waals surface area contributed by atoms with Gasteiger partial charge in [-0.05, 0) is 36.9 Å². The highest BCUT2D eigenvalue weighted by Crippen LogP contribution is 2.13. The largest absolute Gasteiger partial charge is 0.325 e. The zero-order valence-corrected chi connectivity index (χ0v) is 13.3. The number of anilines is 1. The molecule has 0 spiro atoms. The van der Waals surface area contributed by atoms with Gasteiger partial charge >= 0.3 is 0 Å². The Morgan fingerprint density at radius 3 is 2.50 bits per heavy atom. The van der Waals surface area contributed by atoms with Gasteiger partial charge < -0.3 is 5.32 Å². The lowest BCUT2D eigenvalue weighted by molar-refractivity contribution is -0.116. The van der Waals surface area contributed by atoms with Crippen molar-refractivity contribution in [1.29, 1.82) is 0 Å². The Hall–Kier alpha value is -2.10. The Labute approximate surface area is 136 Å². The number of carbonyl (C=O) groups excluding carboxylic acids is 1. The van der Waals surface area contributed by atoms with Crippen LogP contribution in [0.15, 0.2) is 60.7 Å². The molecule has 0 bridgehead atoms. The van der Waals surface area contributed by atoms with Crippen molar-refractivity contribution >= 4 is 29.3 Å². The van der Waals surface area contributed by atoms with Crippen LogP contribution in [0.4, 0.5) is 5.69 Å². The van der Waals surface area contributed by atoms with Crippen LogP contribution >= 0.6 is 11.6 Å². The van der Waals surface area contributed by atoms with Crippen molar-refractivity contribution < 1.29 is 4.79 Å². The summed E-state index contributed by atoms with van der Waals surface area (Å²) in [6.45, 7) is 1.05. The maximum Gasteiger partial charge on any atom is 0.238 e. The smallest absolute Gasteiger partial charge is 0.238 e. The third-order valence-electron chi connectivity index (χ3n) is 3.07. The molecule has 0 aliphatic heterocycles. The first-order valence-corrected chi connectivity index (χ1v) is 7.47. The van der Waals surface area contributed by atoms with Gasteiger partial charge in [0.05, 0.1) is 6.54 Å². The lowest BCUT2D eigenvalue weighted by Gasteiger charge is -2.14. The van der Waals surface area contributed by atoms with Crippen molar-refractivity contribution in [3.8, 4) is 0 Å². The zero-order valence-electron chi connectivity index (χ0n) is 12.5. The third-order valence-corrected chi connectivity index (χ3v) is 3.32. The standard InChI is InChI=1S/C18H19ClN2O/c1-21(13-5-8-15-6-3-2-4-7-15)14-18(22)20-17-11-9-16(19)10-12-17/h2-12H,13-14H2,1H3,(H,20,22)/b8-5+. The van der Waals surface area contributed by atoms with Crippen LogP contribution in [0.5, 0.6) is 0 Å². The van der Waals surface area contributed by atoms with Crippen molar-refractivity contribution in [3.05, 3.63) is 71.3 Å². The molecular weight excluding hydrogens is 296 g/mol. The molecule has 0 heterocycles. The van der Waals surface area contributed by atoms with E-state index in [-0.39, 0.29) is 5.91 Å². The second-order valence-corrected chi connectivity index (χ2v) is 5.50. The van der Waals surface area contributed by atoms with E-state index in [4.69, 9.17) is 11.6 Å². The molecule has 4 heteroatoms. The quantitative estimate of drug-likeness (QED) is 0.876. The first-order chi connectivity index (χ1) is 10.6. The van der Waals surface area contributed by atoms with E-state index in [0.717, 1.165) is 11.3 Å². The average Bonchev–Trinajstić information content (AvgIpc) is 2.50. The fraction of sp³-hybridized carbons (Fsp3) is 0.167. The lowest BCUT2D eigenvalue weighted by Crippen LogP contribution is -2.30. The van der Waals surface area contributed by atoms with Crippen molar-refractivity contribution in [3.63, 3.8) is 0 Å². The van der Waals surface area contributed by atoms with Gasteiger partial charge in [-0.15, -0.1) is 0 Å². The first kappa shape index (κ1) is 16.3. The van der Waals surface area contributed by atoms with Crippen molar-refractivity contribution in [2.24, 2.45) is 0 Å². The highest BCUT2D eigenvalue weighted by atomic mass is 35.5. The summed E-state index contributed by atoms with van der Waals surface area (Å²) in [4.78, 5) is 13.9. The fourth-order valence-electron chi connectivity index (χ4n) is 1.98. The van der Waals surface area contributed by atoms with Gasteiger partial charge in [0.2, 0.25) is 5.91 Å². The molecule has 1 amide bonds. The number of nitrogens with one attached hydrogen (secondary N) is 1. The van der Waals surface area contributed by atoms with E-state index in [1.54, 1.807) is 24.3 Å².